The molecule has 1 heterocycles. The summed E-state index contributed by atoms with van der Waals surface area (Å²) in [7, 11) is 1.48. The summed E-state index contributed by atoms with van der Waals surface area (Å²) in [5, 5.41) is 3.32. The topological polar surface area (TPSA) is 75.7 Å². The van der Waals surface area contributed by atoms with Gasteiger partial charge < -0.3 is 10.1 Å². The second kappa shape index (κ2) is 8.25. The third-order valence-corrected chi connectivity index (χ3v) is 5.28. The molecule has 7 heteroatoms. The minimum Gasteiger partial charge on any atom is -0.495 e. The number of carbonyl (C=O) groups excluding carboxylic acids is 3. The first-order valence-corrected chi connectivity index (χ1v) is 9.74. The van der Waals surface area contributed by atoms with Crippen LogP contribution in [-0.4, -0.2) is 35.8 Å². The summed E-state index contributed by atoms with van der Waals surface area (Å²) in [4.78, 5) is 40.0. The van der Waals surface area contributed by atoms with Gasteiger partial charge >= 0.3 is 0 Å². The van der Waals surface area contributed by atoms with Gasteiger partial charge in [0, 0.05) is 11.1 Å². The first kappa shape index (κ1) is 20.9. The zero-order valence-corrected chi connectivity index (χ0v) is 17.5. The molecule has 1 N–H and O–H groups in total. The SMILES string of the molecule is COc1cc(Cl)c(C)cc1NC(=O)[C@@H](CC(C)C)N1C(=O)c2ccccc2C1=O. The largest absolute Gasteiger partial charge is 0.495 e. The van der Waals surface area contributed by atoms with Gasteiger partial charge in [-0.2, -0.15) is 0 Å². The van der Waals surface area contributed by atoms with Crippen molar-refractivity contribution in [2.24, 2.45) is 5.92 Å². The minimum atomic E-state index is -0.942. The van der Waals surface area contributed by atoms with Gasteiger partial charge in [0.1, 0.15) is 11.8 Å². The molecule has 3 rings (SSSR count). The molecule has 0 saturated carbocycles. The summed E-state index contributed by atoms with van der Waals surface area (Å²) in [5.74, 6) is -0.868. The van der Waals surface area contributed by atoms with Crippen LogP contribution in [0.3, 0.4) is 0 Å². The molecular formula is C22H23ClN2O4. The summed E-state index contributed by atoms with van der Waals surface area (Å²) in [6.07, 6.45) is 0.339. The van der Waals surface area contributed by atoms with Crippen LogP contribution in [0, 0.1) is 12.8 Å². The van der Waals surface area contributed by atoms with Gasteiger partial charge in [-0.3, -0.25) is 19.3 Å². The Morgan fingerprint density at radius 3 is 2.24 bits per heavy atom. The Balaban J connectivity index is 1.94. The molecule has 1 atom stereocenters. The minimum absolute atomic E-state index is 0.0870. The van der Waals surface area contributed by atoms with Crippen molar-refractivity contribution < 1.29 is 19.1 Å². The molecule has 1 aliphatic heterocycles. The highest BCUT2D eigenvalue weighted by molar-refractivity contribution is 6.31. The summed E-state index contributed by atoms with van der Waals surface area (Å²) in [6.45, 7) is 5.68. The van der Waals surface area contributed by atoms with E-state index in [9.17, 15) is 14.4 Å². The number of amides is 3. The van der Waals surface area contributed by atoms with Gasteiger partial charge in [0.25, 0.3) is 11.8 Å². The molecule has 29 heavy (non-hydrogen) atoms. The highest BCUT2D eigenvalue weighted by Gasteiger charge is 2.42. The fourth-order valence-electron chi connectivity index (χ4n) is 3.41. The normalized spacial score (nSPS) is 14.2. The number of carbonyl (C=O) groups is 3. The van der Waals surface area contributed by atoms with E-state index in [1.165, 1.54) is 7.11 Å². The number of hydrogen-bond donors (Lipinski definition) is 1. The summed E-state index contributed by atoms with van der Waals surface area (Å²) in [6, 6.07) is 8.98. The lowest BCUT2D eigenvalue weighted by Gasteiger charge is -2.27. The number of aryl methyl sites for hydroxylation is 1. The van der Waals surface area contributed by atoms with E-state index < -0.39 is 23.8 Å². The molecule has 0 spiro atoms. The Morgan fingerprint density at radius 1 is 1.14 bits per heavy atom. The Bertz CT molecular complexity index is 952. The Hall–Kier alpha value is -2.86. The zero-order valence-electron chi connectivity index (χ0n) is 16.8. The maximum absolute atomic E-state index is 13.2. The highest BCUT2D eigenvalue weighted by Crippen LogP contribution is 2.32. The van der Waals surface area contributed by atoms with Gasteiger partial charge in [-0.15, -0.1) is 0 Å². The second-order valence-electron chi connectivity index (χ2n) is 7.46. The second-order valence-corrected chi connectivity index (χ2v) is 7.87. The van der Waals surface area contributed by atoms with E-state index >= 15 is 0 Å². The molecule has 1 aliphatic rings. The van der Waals surface area contributed by atoms with Crippen LogP contribution in [0.25, 0.3) is 0 Å². The van der Waals surface area contributed by atoms with E-state index in [4.69, 9.17) is 16.3 Å². The van der Waals surface area contributed by atoms with E-state index in [0.29, 0.717) is 34.0 Å². The molecule has 0 fully saturated rings. The number of imide groups is 1. The van der Waals surface area contributed by atoms with E-state index in [1.54, 1.807) is 36.4 Å². The quantitative estimate of drug-likeness (QED) is 0.715. The predicted molar refractivity (Wildman–Crippen MR) is 112 cm³/mol. The molecule has 2 aromatic carbocycles. The van der Waals surface area contributed by atoms with Crippen LogP contribution in [0.5, 0.6) is 5.75 Å². The van der Waals surface area contributed by atoms with Crippen LogP contribution in [0.4, 0.5) is 5.69 Å². The predicted octanol–water partition coefficient (Wildman–Crippen LogP) is 4.31. The van der Waals surface area contributed by atoms with Gasteiger partial charge in [0.05, 0.1) is 23.9 Å². The number of halogens is 1. The lowest BCUT2D eigenvalue weighted by atomic mass is 10.0. The number of fused-ring (bicyclic) bond motifs is 1. The lowest BCUT2D eigenvalue weighted by molar-refractivity contribution is -0.120. The summed E-state index contributed by atoms with van der Waals surface area (Å²) < 4.78 is 5.31. The monoisotopic (exact) mass is 414 g/mol. The number of nitrogens with zero attached hydrogens (tertiary/aromatic N) is 1. The number of rotatable bonds is 6. The van der Waals surface area contributed by atoms with Crippen LogP contribution in [0.1, 0.15) is 46.5 Å². The first-order chi connectivity index (χ1) is 13.7. The van der Waals surface area contributed by atoms with Gasteiger partial charge in [-0.25, -0.2) is 0 Å². The van der Waals surface area contributed by atoms with Crippen LogP contribution < -0.4 is 10.1 Å². The lowest BCUT2D eigenvalue weighted by Crippen LogP contribution is -2.48. The first-order valence-electron chi connectivity index (χ1n) is 9.36. The number of nitrogens with one attached hydrogen (secondary N) is 1. The Morgan fingerprint density at radius 2 is 1.72 bits per heavy atom. The van der Waals surface area contributed by atoms with Crippen LogP contribution in [0.2, 0.25) is 5.02 Å². The van der Waals surface area contributed by atoms with Gasteiger partial charge in [-0.1, -0.05) is 37.6 Å². The Kier molecular flexibility index (Phi) is 5.94. The third kappa shape index (κ3) is 3.98. The average Bonchev–Trinajstić information content (AvgIpc) is 2.93. The maximum Gasteiger partial charge on any atom is 0.262 e. The fourth-order valence-corrected chi connectivity index (χ4v) is 3.57. The van der Waals surface area contributed by atoms with Crippen molar-refractivity contribution in [3.05, 3.63) is 58.1 Å². The number of hydrogen-bond acceptors (Lipinski definition) is 4. The molecule has 152 valence electrons. The maximum atomic E-state index is 13.2. The molecule has 6 nitrogen and oxygen atoms in total. The van der Waals surface area contributed by atoms with Crippen molar-refractivity contribution in [1.82, 2.24) is 4.90 Å². The number of ether oxygens (including phenoxy) is 1. The highest BCUT2D eigenvalue weighted by atomic mass is 35.5. The van der Waals surface area contributed by atoms with Crippen LogP contribution in [-0.2, 0) is 4.79 Å². The molecular weight excluding hydrogens is 392 g/mol. The number of methoxy groups -OCH3 is 1. The smallest absolute Gasteiger partial charge is 0.262 e. The zero-order chi connectivity index (χ0) is 21.3. The van der Waals surface area contributed by atoms with Crippen LogP contribution >= 0.6 is 11.6 Å². The van der Waals surface area contributed by atoms with Crippen molar-refractivity contribution >= 4 is 35.0 Å². The molecule has 0 unspecified atom stereocenters. The number of benzene rings is 2. The van der Waals surface area contributed by atoms with Crippen molar-refractivity contribution in [2.75, 3.05) is 12.4 Å². The molecule has 0 bridgehead atoms. The van der Waals surface area contributed by atoms with Crippen molar-refractivity contribution in [1.29, 1.82) is 0 Å². The van der Waals surface area contributed by atoms with Gasteiger partial charge in [0.2, 0.25) is 5.91 Å². The van der Waals surface area contributed by atoms with Crippen molar-refractivity contribution in [3.8, 4) is 5.75 Å². The molecule has 0 aromatic heterocycles. The summed E-state index contributed by atoms with van der Waals surface area (Å²) >= 11 is 6.14. The third-order valence-electron chi connectivity index (χ3n) is 4.87. The van der Waals surface area contributed by atoms with Crippen molar-refractivity contribution in [3.63, 3.8) is 0 Å². The summed E-state index contributed by atoms with van der Waals surface area (Å²) in [5.41, 5.74) is 1.84. The standard InChI is InChI=1S/C22H23ClN2O4/c1-12(2)9-18(25-21(27)14-7-5-6-8-15(14)22(25)28)20(26)24-17-10-13(3)16(23)11-19(17)29-4/h5-8,10-12,18H,9H2,1-4H3,(H,24,26)/t18-/m1/s1. The van der Waals surface area contributed by atoms with Crippen molar-refractivity contribution in [2.45, 2.75) is 33.2 Å². The molecule has 0 radical (unpaired) electrons. The molecule has 0 saturated heterocycles. The van der Waals surface area contributed by atoms with Gasteiger partial charge in [0.15, 0.2) is 0 Å². The molecule has 3 amide bonds. The number of anilines is 1. The van der Waals surface area contributed by atoms with E-state index in [1.807, 2.05) is 20.8 Å². The van der Waals surface area contributed by atoms with E-state index in [0.717, 1.165) is 10.5 Å². The van der Waals surface area contributed by atoms with Gasteiger partial charge in [-0.05, 0) is 43.0 Å². The van der Waals surface area contributed by atoms with E-state index in [-0.39, 0.29) is 5.92 Å². The molecule has 0 aliphatic carbocycles. The average molecular weight is 415 g/mol. The fraction of sp³-hybridized carbons (Fsp3) is 0.318. The molecule has 2 aromatic rings. The van der Waals surface area contributed by atoms with E-state index in [2.05, 4.69) is 5.32 Å². The van der Waals surface area contributed by atoms with Crippen LogP contribution in [0.15, 0.2) is 36.4 Å². The Labute approximate surface area is 174 Å².